The molecule has 0 aromatic heterocycles. The number of benzene rings is 2. The highest BCUT2D eigenvalue weighted by atomic mass is 32.2. The van der Waals surface area contributed by atoms with E-state index in [-0.39, 0.29) is 5.78 Å². The Balaban J connectivity index is 1.76. The van der Waals surface area contributed by atoms with Crippen molar-refractivity contribution in [2.75, 3.05) is 25.0 Å². The fraction of sp³-hybridized carbons (Fsp3) is 0.350. The van der Waals surface area contributed by atoms with Crippen LogP contribution >= 0.6 is 11.8 Å². The van der Waals surface area contributed by atoms with Gasteiger partial charge < -0.3 is 5.32 Å². The van der Waals surface area contributed by atoms with Crippen molar-refractivity contribution in [3.8, 4) is 0 Å². The van der Waals surface area contributed by atoms with Gasteiger partial charge in [0.2, 0.25) is 0 Å². The summed E-state index contributed by atoms with van der Waals surface area (Å²) in [6.07, 6.45) is 2.15. The van der Waals surface area contributed by atoms with E-state index in [0.717, 1.165) is 42.9 Å². The van der Waals surface area contributed by atoms with Crippen molar-refractivity contribution in [2.24, 2.45) is 0 Å². The molecule has 4 heteroatoms. The molecule has 126 valence electrons. The largest absolute Gasteiger partial charge is 0.354 e. The second kappa shape index (κ2) is 7.86. The highest BCUT2D eigenvalue weighted by Crippen LogP contribution is 2.44. The van der Waals surface area contributed by atoms with E-state index in [1.54, 1.807) is 11.8 Å². The van der Waals surface area contributed by atoms with Crippen molar-refractivity contribution < 1.29 is 4.79 Å². The van der Waals surface area contributed by atoms with Gasteiger partial charge in [-0.2, -0.15) is 0 Å². The number of carbonyl (C=O) groups excluding carboxylic acids is 1. The van der Waals surface area contributed by atoms with E-state index in [9.17, 15) is 4.79 Å². The van der Waals surface area contributed by atoms with Crippen molar-refractivity contribution in [1.82, 2.24) is 4.90 Å². The summed E-state index contributed by atoms with van der Waals surface area (Å²) in [7, 11) is 0. The monoisotopic (exact) mass is 340 g/mol. The minimum atomic E-state index is 0.199. The Morgan fingerprint density at radius 1 is 1.00 bits per heavy atom. The quantitative estimate of drug-likeness (QED) is 0.599. The van der Waals surface area contributed by atoms with Crippen LogP contribution in [-0.2, 0) is 0 Å². The lowest BCUT2D eigenvalue weighted by molar-refractivity contribution is 0.0930. The fourth-order valence-electron chi connectivity index (χ4n) is 3.01. The molecular weight excluding hydrogens is 316 g/mol. The van der Waals surface area contributed by atoms with Gasteiger partial charge in [0, 0.05) is 15.4 Å². The number of hydrogen-bond donors (Lipinski definition) is 1. The summed E-state index contributed by atoms with van der Waals surface area (Å²) in [6.45, 7) is 6.78. The fourth-order valence-corrected chi connectivity index (χ4v) is 3.98. The molecule has 1 N–H and O–H groups in total. The Morgan fingerprint density at radius 2 is 1.71 bits per heavy atom. The molecule has 0 saturated carbocycles. The topological polar surface area (TPSA) is 32.3 Å². The van der Waals surface area contributed by atoms with Crippen LogP contribution in [0.25, 0.3) is 0 Å². The zero-order valence-electron chi connectivity index (χ0n) is 14.3. The number of anilines is 2. The molecule has 0 fully saturated rings. The Bertz CT molecular complexity index is 723. The summed E-state index contributed by atoms with van der Waals surface area (Å²) < 4.78 is 0. The maximum absolute atomic E-state index is 12.7. The number of para-hydroxylation sites is 1. The van der Waals surface area contributed by atoms with E-state index in [2.05, 4.69) is 42.3 Å². The average molecular weight is 340 g/mol. The number of hydrogen-bond acceptors (Lipinski definition) is 4. The molecule has 3 nitrogen and oxygen atoms in total. The SMILES string of the molecule is CCCN(CCC)CC(=O)c1ccc2c(c1)Nc1ccccc1S2. The van der Waals surface area contributed by atoms with E-state index < -0.39 is 0 Å². The minimum Gasteiger partial charge on any atom is -0.354 e. The Kier molecular flexibility index (Phi) is 5.59. The number of rotatable bonds is 7. The van der Waals surface area contributed by atoms with Crippen LogP contribution in [0, 0.1) is 0 Å². The van der Waals surface area contributed by atoms with Crippen LogP contribution in [0.15, 0.2) is 52.3 Å². The van der Waals surface area contributed by atoms with Crippen molar-refractivity contribution >= 4 is 28.9 Å². The van der Waals surface area contributed by atoms with Crippen molar-refractivity contribution in [2.45, 2.75) is 36.5 Å². The maximum atomic E-state index is 12.7. The lowest BCUT2D eigenvalue weighted by Gasteiger charge is -2.22. The summed E-state index contributed by atoms with van der Waals surface area (Å²) >= 11 is 1.75. The van der Waals surface area contributed by atoms with Gasteiger partial charge in [0.1, 0.15) is 0 Å². The molecule has 1 aliphatic rings. The second-order valence-corrected chi connectivity index (χ2v) is 7.22. The minimum absolute atomic E-state index is 0.199. The molecule has 0 radical (unpaired) electrons. The molecule has 2 aromatic carbocycles. The maximum Gasteiger partial charge on any atom is 0.176 e. The summed E-state index contributed by atoms with van der Waals surface area (Å²) in [5.74, 6) is 0.199. The average Bonchev–Trinajstić information content (AvgIpc) is 2.59. The van der Waals surface area contributed by atoms with Gasteiger partial charge in [0.25, 0.3) is 0 Å². The normalized spacial score (nSPS) is 12.5. The first-order valence-electron chi connectivity index (χ1n) is 8.64. The molecule has 1 heterocycles. The first-order valence-corrected chi connectivity index (χ1v) is 9.46. The molecular formula is C20H24N2OS. The molecule has 3 rings (SSSR count). The zero-order valence-corrected chi connectivity index (χ0v) is 15.2. The summed E-state index contributed by atoms with van der Waals surface area (Å²) in [5, 5.41) is 3.45. The highest BCUT2D eigenvalue weighted by Gasteiger charge is 2.18. The van der Waals surface area contributed by atoms with Gasteiger partial charge in [-0.3, -0.25) is 9.69 Å². The zero-order chi connectivity index (χ0) is 16.9. The van der Waals surface area contributed by atoms with Crippen LogP contribution in [0.3, 0.4) is 0 Å². The van der Waals surface area contributed by atoms with Crippen molar-refractivity contribution in [3.63, 3.8) is 0 Å². The van der Waals surface area contributed by atoms with Crippen LogP contribution in [0.1, 0.15) is 37.0 Å². The third-order valence-corrected chi connectivity index (χ3v) is 5.28. The third-order valence-electron chi connectivity index (χ3n) is 4.12. The predicted molar refractivity (Wildman–Crippen MR) is 102 cm³/mol. The Morgan fingerprint density at radius 3 is 2.46 bits per heavy atom. The smallest absolute Gasteiger partial charge is 0.176 e. The van der Waals surface area contributed by atoms with Gasteiger partial charge in [-0.25, -0.2) is 0 Å². The molecule has 0 unspecified atom stereocenters. The summed E-state index contributed by atoms with van der Waals surface area (Å²) in [5.41, 5.74) is 2.93. The second-order valence-electron chi connectivity index (χ2n) is 6.13. The standard InChI is InChI=1S/C20H24N2OS/c1-3-11-22(12-4-2)14-18(23)15-9-10-20-17(13-15)21-16-7-5-6-8-19(16)24-20/h5-10,13,21H,3-4,11-12,14H2,1-2H3. The number of fused-ring (bicyclic) bond motifs is 2. The summed E-state index contributed by atoms with van der Waals surface area (Å²) in [4.78, 5) is 17.3. The molecule has 0 spiro atoms. The molecule has 0 bridgehead atoms. The van der Waals surface area contributed by atoms with Gasteiger partial charge in [0.15, 0.2) is 5.78 Å². The lowest BCUT2D eigenvalue weighted by Crippen LogP contribution is -2.31. The van der Waals surface area contributed by atoms with Crippen LogP contribution in [0.5, 0.6) is 0 Å². The first kappa shape index (κ1) is 17.1. The first-order chi connectivity index (χ1) is 11.7. The van der Waals surface area contributed by atoms with Crippen LogP contribution in [0.2, 0.25) is 0 Å². The van der Waals surface area contributed by atoms with Crippen LogP contribution < -0.4 is 5.32 Å². The molecule has 0 saturated heterocycles. The molecule has 0 aliphatic carbocycles. The number of carbonyl (C=O) groups is 1. The van der Waals surface area contributed by atoms with Gasteiger partial charge in [-0.05, 0) is 50.2 Å². The van der Waals surface area contributed by atoms with E-state index in [1.165, 1.54) is 9.79 Å². The molecule has 0 amide bonds. The van der Waals surface area contributed by atoms with E-state index in [1.807, 2.05) is 24.3 Å². The van der Waals surface area contributed by atoms with Gasteiger partial charge >= 0.3 is 0 Å². The molecule has 0 atom stereocenters. The van der Waals surface area contributed by atoms with Crippen LogP contribution in [-0.4, -0.2) is 30.3 Å². The van der Waals surface area contributed by atoms with E-state index >= 15 is 0 Å². The predicted octanol–water partition coefficient (Wildman–Crippen LogP) is 5.20. The Hall–Kier alpha value is -1.78. The van der Waals surface area contributed by atoms with E-state index in [0.29, 0.717) is 6.54 Å². The highest BCUT2D eigenvalue weighted by molar-refractivity contribution is 7.99. The lowest BCUT2D eigenvalue weighted by atomic mass is 10.1. The van der Waals surface area contributed by atoms with Gasteiger partial charge in [-0.1, -0.05) is 43.8 Å². The number of Topliss-reactive ketones (excluding diaryl/α,β-unsaturated/α-hetero) is 1. The molecule has 1 aliphatic heterocycles. The van der Waals surface area contributed by atoms with Gasteiger partial charge in [-0.15, -0.1) is 0 Å². The number of ketones is 1. The van der Waals surface area contributed by atoms with Crippen molar-refractivity contribution in [3.05, 3.63) is 48.0 Å². The molecule has 24 heavy (non-hydrogen) atoms. The van der Waals surface area contributed by atoms with Gasteiger partial charge in [0.05, 0.1) is 17.9 Å². The number of nitrogens with one attached hydrogen (secondary N) is 1. The van der Waals surface area contributed by atoms with Crippen molar-refractivity contribution in [1.29, 1.82) is 0 Å². The van der Waals surface area contributed by atoms with Crippen LogP contribution in [0.4, 0.5) is 11.4 Å². The molecule has 2 aromatic rings. The third kappa shape index (κ3) is 3.82. The summed E-state index contributed by atoms with van der Waals surface area (Å²) in [6, 6.07) is 14.3. The Labute approximate surface area is 148 Å². The number of nitrogens with zero attached hydrogens (tertiary/aromatic N) is 1. The van der Waals surface area contributed by atoms with E-state index in [4.69, 9.17) is 0 Å².